The van der Waals surface area contributed by atoms with Gasteiger partial charge in [0.05, 0.1) is 18.2 Å². The largest absolute Gasteiger partial charge is 0.394 e. The summed E-state index contributed by atoms with van der Waals surface area (Å²) in [5, 5.41) is 25.1. The van der Waals surface area contributed by atoms with Crippen molar-refractivity contribution in [1.29, 1.82) is 0 Å². The molecule has 2 atom stereocenters. The molecule has 0 aliphatic heterocycles. The Balaban J connectivity index is 1.91. The molecule has 5 nitrogen and oxygen atoms in total. The zero-order valence-corrected chi connectivity index (χ0v) is 13.8. The lowest BCUT2D eigenvalue weighted by Gasteiger charge is -2.28. The van der Waals surface area contributed by atoms with Gasteiger partial charge in [-0.05, 0) is 31.7 Å². The van der Waals surface area contributed by atoms with Crippen molar-refractivity contribution in [2.45, 2.75) is 56.6 Å². The number of nitrogens with one attached hydrogen (secondary N) is 2. The smallest absolute Gasteiger partial charge is 0.315 e. The number of amides is 2. The summed E-state index contributed by atoms with van der Waals surface area (Å²) < 4.78 is 0. The minimum absolute atomic E-state index is 0.0177. The van der Waals surface area contributed by atoms with E-state index in [-0.39, 0.29) is 18.6 Å². The van der Waals surface area contributed by atoms with Crippen molar-refractivity contribution in [1.82, 2.24) is 10.6 Å². The van der Waals surface area contributed by atoms with Crippen molar-refractivity contribution >= 4 is 6.03 Å². The van der Waals surface area contributed by atoms with Crippen LogP contribution in [0.1, 0.15) is 50.5 Å². The fourth-order valence-electron chi connectivity index (χ4n) is 3.35. The Morgan fingerprint density at radius 2 is 1.91 bits per heavy atom. The molecular formula is C18H28N2O3. The van der Waals surface area contributed by atoms with Gasteiger partial charge in [0.25, 0.3) is 0 Å². The molecule has 1 aromatic carbocycles. The van der Waals surface area contributed by atoms with Crippen LogP contribution in [0.15, 0.2) is 30.3 Å². The van der Waals surface area contributed by atoms with E-state index < -0.39 is 11.6 Å². The second-order valence-electron chi connectivity index (χ2n) is 6.67. The second-order valence-corrected chi connectivity index (χ2v) is 6.67. The lowest BCUT2D eigenvalue weighted by Crippen LogP contribution is -2.53. The second kappa shape index (κ2) is 8.31. The van der Waals surface area contributed by atoms with E-state index in [1.165, 1.54) is 0 Å². The van der Waals surface area contributed by atoms with Crippen LogP contribution in [0.5, 0.6) is 0 Å². The van der Waals surface area contributed by atoms with Gasteiger partial charge >= 0.3 is 6.03 Å². The summed E-state index contributed by atoms with van der Waals surface area (Å²) in [7, 11) is 0. The highest BCUT2D eigenvalue weighted by molar-refractivity contribution is 5.75. The summed E-state index contributed by atoms with van der Waals surface area (Å²) in [6, 6.07) is 9.66. The number of carbonyl (C=O) groups is 1. The normalized spacial score (nSPS) is 19.1. The molecule has 0 saturated heterocycles. The van der Waals surface area contributed by atoms with Gasteiger partial charge in [-0.25, -0.2) is 4.79 Å². The Morgan fingerprint density at radius 1 is 1.26 bits per heavy atom. The van der Waals surface area contributed by atoms with Gasteiger partial charge in [0.2, 0.25) is 0 Å². The average Bonchev–Trinajstić information content (AvgIpc) is 3.01. The van der Waals surface area contributed by atoms with Crippen LogP contribution < -0.4 is 10.6 Å². The van der Waals surface area contributed by atoms with Gasteiger partial charge in [-0.2, -0.15) is 0 Å². The lowest BCUT2D eigenvalue weighted by atomic mass is 9.93. The topological polar surface area (TPSA) is 81.6 Å². The first-order valence-electron chi connectivity index (χ1n) is 8.44. The minimum atomic E-state index is -0.462. The van der Waals surface area contributed by atoms with Gasteiger partial charge < -0.3 is 20.8 Å². The summed E-state index contributed by atoms with van der Waals surface area (Å²) in [4.78, 5) is 12.2. The maximum absolute atomic E-state index is 12.2. The number of rotatable bonds is 7. The molecule has 23 heavy (non-hydrogen) atoms. The number of hydrogen-bond donors (Lipinski definition) is 4. The monoisotopic (exact) mass is 320 g/mol. The fraction of sp³-hybridized carbons (Fsp3) is 0.611. The van der Waals surface area contributed by atoms with Crippen LogP contribution >= 0.6 is 0 Å². The molecule has 0 aromatic heterocycles. The van der Waals surface area contributed by atoms with Crippen molar-refractivity contribution < 1.29 is 15.0 Å². The zero-order valence-electron chi connectivity index (χ0n) is 13.8. The molecule has 0 spiro atoms. The quantitative estimate of drug-likeness (QED) is 0.621. The van der Waals surface area contributed by atoms with E-state index >= 15 is 0 Å². The molecule has 2 unspecified atom stereocenters. The number of carbonyl (C=O) groups excluding carboxylic acids is 1. The summed E-state index contributed by atoms with van der Waals surface area (Å²) in [5.41, 5.74) is 0.641. The van der Waals surface area contributed by atoms with E-state index in [1.54, 1.807) is 6.92 Å². The molecule has 0 bridgehead atoms. The lowest BCUT2D eigenvalue weighted by molar-refractivity contribution is 0.160. The van der Waals surface area contributed by atoms with Crippen LogP contribution in [-0.2, 0) is 0 Å². The molecular weight excluding hydrogens is 292 g/mol. The average molecular weight is 320 g/mol. The van der Waals surface area contributed by atoms with Crippen LogP contribution in [0, 0.1) is 0 Å². The predicted molar refractivity (Wildman–Crippen MR) is 90.3 cm³/mol. The van der Waals surface area contributed by atoms with Crippen molar-refractivity contribution in [3.8, 4) is 0 Å². The first-order chi connectivity index (χ1) is 11.0. The summed E-state index contributed by atoms with van der Waals surface area (Å²) in [5.74, 6) is 0.0654. The van der Waals surface area contributed by atoms with Gasteiger partial charge in [0.15, 0.2) is 0 Å². The molecule has 4 N–H and O–H groups in total. The summed E-state index contributed by atoms with van der Waals surface area (Å²) in [6.45, 7) is 2.20. The molecule has 1 aliphatic carbocycles. The van der Waals surface area contributed by atoms with Crippen molar-refractivity contribution in [2.24, 2.45) is 0 Å². The standard InChI is InChI=1S/C18H28N2O3/c1-14(22)11-16(15-7-3-2-4-8-15)12-19-17(23)20-18(13-21)9-5-6-10-18/h2-4,7-8,14,16,21-22H,5-6,9-13H2,1H3,(H2,19,20,23). The molecule has 1 aliphatic rings. The Kier molecular flexibility index (Phi) is 6.42. The van der Waals surface area contributed by atoms with Crippen molar-refractivity contribution in [3.05, 3.63) is 35.9 Å². The predicted octanol–water partition coefficient (Wildman–Crippen LogP) is 2.15. The van der Waals surface area contributed by atoms with E-state index in [0.717, 1.165) is 31.2 Å². The maximum Gasteiger partial charge on any atom is 0.315 e. The zero-order chi connectivity index (χ0) is 16.7. The van der Waals surface area contributed by atoms with E-state index in [0.29, 0.717) is 13.0 Å². The molecule has 1 fully saturated rings. The third-order valence-electron chi connectivity index (χ3n) is 4.65. The van der Waals surface area contributed by atoms with Crippen LogP contribution in [-0.4, -0.2) is 41.0 Å². The Bertz CT molecular complexity index is 484. The molecule has 1 aromatic rings. The Morgan fingerprint density at radius 3 is 2.48 bits per heavy atom. The van der Waals surface area contributed by atoms with Crippen LogP contribution in [0.2, 0.25) is 0 Å². The van der Waals surface area contributed by atoms with Crippen LogP contribution in [0.4, 0.5) is 4.79 Å². The van der Waals surface area contributed by atoms with E-state index in [4.69, 9.17) is 0 Å². The number of urea groups is 1. The van der Waals surface area contributed by atoms with Gasteiger partial charge in [-0.1, -0.05) is 43.2 Å². The number of hydrogen-bond acceptors (Lipinski definition) is 3. The van der Waals surface area contributed by atoms with Gasteiger partial charge in [-0.3, -0.25) is 0 Å². The first-order valence-corrected chi connectivity index (χ1v) is 8.44. The van der Waals surface area contributed by atoms with E-state index in [1.807, 2.05) is 30.3 Å². The number of aliphatic hydroxyl groups is 2. The summed E-state index contributed by atoms with van der Waals surface area (Å²) >= 11 is 0. The van der Waals surface area contributed by atoms with Crippen molar-refractivity contribution in [2.75, 3.05) is 13.2 Å². The first kappa shape index (κ1) is 17.8. The van der Waals surface area contributed by atoms with Crippen molar-refractivity contribution in [3.63, 3.8) is 0 Å². The molecule has 0 heterocycles. The van der Waals surface area contributed by atoms with Crippen LogP contribution in [0.25, 0.3) is 0 Å². The van der Waals surface area contributed by atoms with Gasteiger partial charge in [0.1, 0.15) is 0 Å². The molecule has 0 radical (unpaired) electrons. The SMILES string of the molecule is CC(O)CC(CNC(=O)NC1(CO)CCCC1)c1ccccc1. The third-order valence-corrected chi connectivity index (χ3v) is 4.65. The van der Waals surface area contributed by atoms with Gasteiger partial charge in [-0.15, -0.1) is 0 Å². The van der Waals surface area contributed by atoms with Gasteiger partial charge in [0, 0.05) is 12.5 Å². The molecule has 128 valence electrons. The van der Waals surface area contributed by atoms with E-state index in [9.17, 15) is 15.0 Å². The Labute approximate surface area is 138 Å². The number of benzene rings is 1. The minimum Gasteiger partial charge on any atom is -0.394 e. The highest BCUT2D eigenvalue weighted by Gasteiger charge is 2.34. The fourth-order valence-corrected chi connectivity index (χ4v) is 3.35. The summed E-state index contributed by atoms with van der Waals surface area (Å²) in [6.07, 6.45) is 3.89. The molecule has 2 amide bonds. The number of aliphatic hydroxyl groups excluding tert-OH is 2. The molecule has 5 heteroatoms. The highest BCUT2D eigenvalue weighted by Crippen LogP contribution is 2.29. The van der Waals surface area contributed by atoms with Crippen LogP contribution in [0.3, 0.4) is 0 Å². The Hall–Kier alpha value is -1.59. The third kappa shape index (κ3) is 5.22. The maximum atomic E-state index is 12.2. The molecule has 1 saturated carbocycles. The molecule has 2 rings (SSSR count). The highest BCUT2D eigenvalue weighted by atomic mass is 16.3. The van der Waals surface area contributed by atoms with E-state index in [2.05, 4.69) is 10.6 Å².